The maximum Gasteiger partial charge on any atom is 0.0481 e. The van der Waals surface area contributed by atoms with E-state index in [4.69, 9.17) is 0 Å². The zero-order valence-electron chi connectivity index (χ0n) is 19.9. The van der Waals surface area contributed by atoms with Crippen molar-refractivity contribution in [2.45, 2.75) is 65.2 Å². The minimum absolute atomic E-state index is 0.0244. The molecule has 32 heavy (non-hydrogen) atoms. The summed E-state index contributed by atoms with van der Waals surface area (Å²) in [6.07, 6.45) is 16.3. The van der Waals surface area contributed by atoms with Crippen LogP contribution < -0.4 is 0 Å². The van der Waals surface area contributed by atoms with Crippen LogP contribution in [0.15, 0.2) is 60.7 Å². The third-order valence-corrected chi connectivity index (χ3v) is 6.81. The maximum atomic E-state index is 9.26. The van der Waals surface area contributed by atoms with Gasteiger partial charge in [0, 0.05) is 19.1 Å². The van der Waals surface area contributed by atoms with Gasteiger partial charge in [0.1, 0.15) is 0 Å². The molecule has 0 aliphatic heterocycles. The Hall–Kier alpha value is -2.16. The van der Waals surface area contributed by atoms with E-state index in [0.29, 0.717) is 5.92 Å². The number of aliphatic hydroxyl groups is 2. The molecule has 3 rings (SSSR count). The molecule has 0 heterocycles. The predicted octanol–water partition coefficient (Wildman–Crippen LogP) is 6.99. The smallest absolute Gasteiger partial charge is 0.0481 e. The second-order valence-electron chi connectivity index (χ2n) is 9.20. The van der Waals surface area contributed by atoms with Crippen LogP contribution in [0, 0.1) is 11.8 Å². The minimum atomic E-state index is -0.0244. The van der Waals surface area contributed by atoms with Crippen LogP contribution >= 0.6 is 0 Å². The lowest BCUT2D eigenvalue weighted by Gasteiger charge is -2.18. The molecule has 0 amide bonds. The van der Waals surface area contributed by atoms with Crippen molar-refractivity contribution >= 4 is 5.57 Å². The summed E-state index contributed by atoms with van der Waals surface area (Å²) in [5.74, 6) is 0.683. The van der Waals surface area contributed by atoms with Gasteiger partial charge < -0.3 is 10.2 Å². The maximum absolute atomic E-state index is 9.26. The van der Waals surface area contributed by atoms with Crippen molar-refractivity contribution in [3.05, 3.63) is 77.4 Å². The quantitative estimate of drug-likeness (QED) is 0.355. The summed E-state index contributed by atoms with van der Waals surface area (Å²) in [4.78, 5) is 0. The fraction of sp³-hybridized carbons (Fsp3) is 0.467. The summed E-state index contributed by atoms with van der Waals surface area (Å²) < 4.78 is 0. The Bertz CT molecular complexity index is 888. The molecule has 2 N–H and O–H groups in total. The lowest BCUT2D eigenvalue weighted by Crippen LogP contribution is -2.11. The first-order valence-corrected chi connectivity index (χ1v) is 12.5. The normalized spacial score (nSPS) is 15.9. The van der Waals surface area contributed by atoms with Crippen molar-refractivity contribution in [1.29, 1.82) is 0 Å². The standard InChI is InChI=1S/C30H40O2/c1-3-5-6-7-23-10-14-27(15-11-23)29-18-19-30(26(4-2)20-29)28-16-12-24(13-17-28)8-9-25(21-31)22-32/h10,12-20,23,25,31-32H,3-9,11,21-22H2,1-2H3. The molecule has 2 aromatic rings. The molecule has 0 saturated heterocycles. The van der Waals surface area contributed by atoms with Gasteiger partial charge in [0.25, 0.3) is 0 Å². The Morgan fingerprint density at radius 2 is 1.69 bits per heavy atom. The second-order valence-corrected chi connectivity index (χ2v) is 9.20. The van der Waals surface area contributed by atoms with Crippen LogP contribution in [0.3, 0.4) is 0 Å². The molecule has 0 radical (unpaired) electrons. The molecule has 2 nitrogen and oxygen atoms in total. The van der Waals surface area contributed by atoms with Crippen LogP contribution in [0.25, 0.3) is 16.7 Å². The van der Waals surface area contributed by atoms with Crippen molar-refractivity contribution in [2.75, 3.05) is 13.2 Å². The fourth-order valence-electron chi connectivity index (χ4n) is 4.56. The highest BCUT2D eigenvalue weighted by atomic mass is 16.3. The van der Waals surface area contributed by atoms with E-state index in [1.165, 1.54) is 59.1 Å². The SMILES string of the molecule is CCCCCC1C=CC(c2ccc(-c3ccc(CCC(CO)CO)cc3)c(CC)c2)=CC1. The van der Waals surface area contributed by atoms with Gasteiger partial charge in [0.05, 0.1) is 0 Å². The average molecular weight is 433 g/mol. The van der Waals surface area contributed by atoms with Crippen molar-refractivity contribution in [3.8, 4) is 11.1 Å². The molecule has 1 unspecified atom stereocenters. The van der Waals surface area contributed by atoms with Crippen molar-refractivity contribution in [2.24, 2.45) is 11.8 Å². The van der Waals surface area contributed by atoms with E-state index in [2.05, 4.69) is 74.5 Å². The largest absolute Gasteiger partial charge is 0.396 e. The highest BCUT2D eigenvalue weighted by Crippen LogP contribution is 2.31. The number of allylic oxidation sites excluding steroid dienone is 4. The van der Waals surface area contributed by atoms with Crippen molar-refractivity contribution < 1.29 is 10.2 Å². The third-order valence-electron chi connectivity index (χ3n) is 6.81. The van der Waals surface area contributed by atoms with Gasteiger partial charge >= 0.3 is 0 Å². The monoisotopic (exact) mass is 432 g/mol. The third kappa shape index (κ3) is 6.67. The number of hydrogen-bond acceptors (Lipinski definition) is 2. The summed E-state index contributed by atoms with van der Waals surface area (Å²) >= 11 is 0. The van der Waals surface area contributed by atoms with Crippen molar-refractivity contribution in [1.82, 2.24) is 0 Å². The number of benzene rings is 2. The molecule has 0 aromatic heterocycles. The summed E-state index contributed by atoms with van der Waals surface area (Å²) in [5.41, 5.74) is 7.88. The van der Waals surface area contributed by atoms with Gasteiger partial charge in [0.2, 0.25) is 0 Å². The zero-order valence-corrected chi connectivity index (χ0v) is 19.9. The van der Waals surface area contributed by atoms with Gasteiger partial charge in [-0.3, -0.25) is 0 Å². The number of unbranched alkanes of at least 4 members (excludes halogenated alkanes) is 2. The zero-order chi connectivity index (χ0) is 22.8. The molecule has 0 saturated carbocycles. The summed E-state index contributed by atoms with van der Waals surface area (Å²) in [5, 5.41) is 18.5. The number of hydrogen-bond donors (Lipinski definition) is 2. The van der Waals surface area contributed by atoms with Crippen LogP contribution in [-0.2, 0) is 12.8 Å². The highest BCUT2D eigenvalue weighted by Gasteiger charge is 2.12. The first-order valence-electron chi connectivity index (χ1n) is 12.5. The molecule has 1 aliphatic rings. The van der Waals surface area contributed by atoms with Crippen LogP contribution in [0.4, 0.5) is 0 Å². The number of aliphatic hydroxyl groups excluding tert-OH is 2. The van der Waals surface area contributed by atoms with E-state index in [1.807, 2.05) is 0 Å². The average Bonchev–Trinajstić information content (AvgIpc) is 2.85. The van der Waals surface area contributed by atoms with Crippen molar-refractivity contribution in [3.63, 3.8) is 0 Å². The van der Waals surface area contributed by atoms with E-state index < -0.39 is 0 Å². The Morgan fingerprint density at radius 1 is 0.938 bits per heavy atom. The first-order chi connectivity index (χ1) is 15.7. The Morgan fingerprint density at radius 3 is 2.31 bits per heavy atom. The van der Waals surface area contributed by atoms with Crippen LogP contribution in [0.5, 0.6) is 0 Å². The van der Waals surface area contributed by atoms with Gasteiger partial charge in [-0.25, -0.2) is 0 Å². The first kappa shape index (κ1) is 24.5. The lowest BCUT2D eigenvalue weighted by atomic mass is 9.87. The molecule has 0 bridgehead atoms. The molecular formula is C30H40O2. The Kier molecular flexibility index (Phi) is 9.77. The van der Waals surface area contributed by atoms with E-state index in [-0.39, 0.29) is 19.1 Å². The second kappa shape index (κ2) is 12.8. The van der Waals surface area contributed by atoms with E-state index >= 15 is 0 Å². The van der Waals surface area contributed by atoms with E-state index in [0.717, 1.165) is 25.7 Å². The molecule has 0 fully saturated rings. The van der Waals surface area contributed by atoms with Gasteiger partial charge in [-0.2, -0.15) is 0 Å². The van der Waals surface area contributed by atoms with Gasteiger partial charge in [-0.15, -0.1) is 0 Å². The fourth-order valence-corrected chi connectivity index (χ4v) is 4.56. The topological polar surface area (TPSA) is 40.5 Å². The van der Waals surface area contributed by atoms with Gasteiger partial charge in [-0.1, -0.05) is 93.8 Å². The van der Waals surface area contributed by atoms with E-state index in [9.17, 15) is 10.2 Å². The molecule has 1 aliphatic carbocycles. The van der Waals surface area contributed by atoms with Crippen LogP contribution in [0.1, 0.15) is 69.1 Å². The molecule has 2 aromatic carbocycles. The Labute approximate surface area is 194 Å². The molecule has 2 heteroatoms. The van der Waals surface area contributed by atoms with Gasteiger partial charge in [0.15, 0.2) is 0 Å². The van der Waals surface area contributed by atoms with Gasteiger partial charge in [-0.05, 0) is 71.4 Å². The Balaban J connectivity index is 1.67. The number of rotatable bonds is 12. The summed E-state index contributed by atoms with van der Waals surface area (Å²) in [7, 11) is 0. The minimum Gasteiger partial charge on any atom is -0.396 e. The summed E-state index contributed by atoms with van der Waals surface area (Å²) in [6.45, 7) is 4.60. The van der Waals surface area contributed by atoms with Crippen LogP contribution in [-0.4, -0.2) is 23.4 Å². The molecule has 1 atom stereocenters. The predicted molar refractivity (Wildman–Crippen MR) is 137 cm³/mol. The van der Waals surface area contributed by atoms with E-state index in [1.54, 1.807) is 0 Å². The highest BCUT2D eigenvalue weighted by molar-refractivity contribution is 5.78. The summed E-state index contributed by atoms with van der Waals surface area (Å²) in [6, 6.07) is 15.7. The molecule has 0 spiro atoms. The lowest BCUT2D eigenvalue weighted by molar-refractivity contribution is 0.144. The molecular weight excluding hydrogens is 392 g/mol. The molecule has 172 valence electrons. The van der Waals surface area contributed by atoms with Crippen LogP contribution in [0.2, 0.25) is 0 Å². The number of aryl methyl sites for hydroxylation is 2.